The lowest BCUT2D eigenvalue weighted by molar-refractivity contribution is 1.93. The molecule has 0 spiro atoms. The van der Waals surface area contributed by atoms with E-state index in [-0.39, 0.29) is 0 Å². The fourth-order valence-electron chi connectivity index (χ4n) is 0.398. The highest BCUT2D eigenvalue weighted by Gasteiger charge is 1.89. The summed E-state index contributed by atoms with van der Waals surface area (Å²) in [5.74, 6) is 0. The van der Waals surface area contributed by atoms with Crippen molar-refractivity contribution in [3.8, 4) is 0 Å². The minimum Gasteiger partial charge on any atom is -0.0886 e. The van der Waals surface area contributed by atoms with Crippen LogP contribution in [0.1, 0.15) is 0 Å². The van der Waals surface area contributed by atoms with E-state index in [0.717, 1.165) is 4.91 Å². The number of rotatable bonds is 0. The second kappa shape index (κ2) is 2.88. The first kappa shape index (κ1) is 5.83. The lowest BCUT2D eigenvalue weighted by Gasteiger charge is -1.93. The lowest BCUT2D eigenvalue weighted by atomic mass is 10.5. The third-order valence-corrected chi connectivity index (χ3v) is 1.87. The molecular formula is C6H4S2. The first-order valence-electron chi connectivity index (χ1n) is 2.18. The molecule has 0 aromatic rings. The van der Waals surface area contributed by atoms with Crippen LogP contribution in [0.3, 0.4) is 0 Å². The number of hydrogen-bond donors (Lipinski definition) is 0. The van der Waals surface area contributed by atoms with Crippen molar-refractivity contribution in [3.05, 3.63) is 28.5 Å². The molecule has 40 valence electrons. The van der Waals surface area contributed by atoms with Crippen molar-refractivity contribution in [1.82, 2.24) is 0 Å². The summed E-state index contributed by atoms with van der Waals surface area (Å²) in [6.45, 7) is 0. The fraction of sp³-hybridized carbons (Fsp3) is 0. The molecule has 0 saturated carbocycles. The van der Waals surface area contributed by atoms with E-state index in [4.69, 9.17) is 0 Å². The highest BCUT2D eigenvalue weighted by molar-refractivity contribution is 8.06. The Morgan fingerprint density at radius 3 is 2.75 bits per heavy atom. The Bertz CT molecular complexity index is 183. The zero-order chi connectivity index (χ0) is 5.82. The van der Waals surface area contributed by atoms with E-state index >= 15 is 0 Å². The second-order valence-electron chi connectivity index (χ2n) is 1.27. The Hall–Kier alpha value is -0.300. The van der Waals surface area contributed by atoms with Crippen molar-refractivity contribution in [3.63, 3.8) is 0 Å². The second-order valence-corrected chi connectivity index (χ2v) is 2.42. The summed E-state index contributed by atoms with van der Waals surface area (Å²) >= 11 is 6.18. The molecule has 0 amide bonds. The van der Waals surface area contributed by atoms with Gasteiger partial charge in [0.05, 0.1) is 4.91 Å². The van der Waals surface area contributed by atoms with Crippen LogP contribution >= 0.6 is 24.0 Å². The Kier molecular flexibility index (Phi) is 2.10. The van der Waals surface area contributed by atoms with Gasteiger partial charge in [-0.05, 0) is 28.7 Å². The predicted octanol–water partition coefficient (Wildman–Crippen LogP) is 2.29. The molecule has 0 aromatic heterocycles. The van der Waals surface area contributed by atoms with Crippen LogP contribution in [0.2, 0.25) is 0 Å². The van der Waals surface area contributed by atoms with E-state index in [9.17, 15) is 0 Å². The molecule has 0 bridgehead atoms. The average Bonchev–Trinajstić information content (AvgIpc) is 1.90. The molecule has 0 atom stereocenters. The minimum absolute atomic E-state index is 1.02. The summed E-state index contributed by atoms with van der Waals surface area (Å²) in [6.07, 6.45) is 5.86. The highest BCUT2D eigenvalue weighted by Crippen LogP contribution is 2.18. The first-order chi connectivity index (χ1) is 3.93. The van der Waals surface area contributed by atoms with Crippen LogP contribution in [-0.2, 0) is 0 Å². The van der Waals surface area contributed by atoms with Gasteiger partial charge in [-0.2, -0.15) is 0 Å². The molecule has 1 aliphatic heterocycles. The molecule has 8 heavy (non-hydrogen) atoms. The molecule has 0 saturated heterocycles. The van der Waals surface area contributed by atoms with Gasteiger partial charge < -0.3 is 0 Å². The molecule has 1 heterocycles. The monoisotopic (exact) mass is 140 g/mol. The van der Waals surface area contributed by atoms with E-state index in [1.54, 1.807) is 11.8 Å². The van der Waals surface area contributed by atoms with Crippen LogP contribution in [0.4, 0.5) is 0 Å². The van der Waals surface area contributed by atoms with E-state index in [1.165, 1.54) is 0 Å². The Labute approximate surface area is 58.0 Å². The number of thioether (sulfide) groups is 1. The zero-order valence-corrected chi connectivity index (χ0v) is 5.76. The molecule has 0 N–H and O–H groups in total. The Morgan fingerprint density at radius 2 is 2.38 bits per heavy atom. The minimum atomic E-state index is 1.02. The molecule has 1 rings (SSSR count). The Morgan fingerprint density at radius 1 is 1.50 bits per heavy atom. The van der Waals surface area contributed by atoms with Crippen molar-refractivity contribution in [2.45, 2.75) is 0 Å². The van der Waals surface area contributed by atoms with Crippen molar-refractivity contribution < 1.29 is 0 Å². The summed E-state index contributed by atoms with van der Waals surface area (Å²) in [4.78, 5) is 1.02. The van der Waals surface area contributed by atoms with Gasteiger partial charge in [0.25, 0.3) is 0 Å². The van der Waals surface area contributed by atoms with Gasteiger partial charge >= 0.3 is 0 Å². The standard InChI is InChI=1S/C6H4S2/c7-5-6-3-1-2-4-8-6/h1-4H. The summed E-state index contributed by atoms with van der Waals surface area (Å²) in [5, 5.41) is 4.61. The van der Waals surface area contributed by atoms with Gasteiger partial charge in [-0.15, -0.1) is 0 Å². The fourth-order valence-corrected chi connectivity index (χ4v) is 1.13. The van der Waals surface area contributed by atoms with Crippen molar-refractivity contribution in [2.75, 3.05) is 0 Å². The van der Waals surface area contributed by atoms with Gasteiger partial charge in [0.15, 0.2) is 0 Å². The lowest BCUT2D eigenvalue weighted by Crippen LogP contribution is -1.69. The SMILES string of the molecule is S=C=C1C=CC=CS1. The summed E-state index contributed by atoms with van der Waals surface area (Å²) < 4.78 is 0. The molecule has 0 aliphatic carbocycles. The van der Waals surface area contributed by atoms with Crippen LogP contribution in [0.15, 0.2) is 28.5 Å². The summed E-state index contributed by atoms with van der Waals surface area (Å²) in [7, 11) is 0. The molecule has 2 heteroatoms. The molecule has 1 aliphatic rings. The topological polar surface area (TPSA) is 0 Å². The first-order valence-corrected chi connectivity index (χ1v) is 3.47. The number of thiocarbonyl (C=S) groups is 1. The summed E-state index contributed by atoms with van der Waals surface area (Å²) in [5.41, 5.74) is 0. The van der Waals surface area contributed by atoms with Crippen molar-refractivity contribution >= 4 is 29.0 Å². The molecule has 0 aromatic carbocycles. The van der Waals surface area contributed by atoms with Crippen LogP contribution < -0.4 is 0 Å². The van der Waals surface area contributed by atoms with Gasteiger partial charge in [0.1, 0.15) is 0 Å². The maximum absolute atomic E-state index is 4.58. The van der Waals surface area contributed by atoms with E-state index in [0.29, 0.717) is 0 Å². The quantitative estimate of drug-likeness (QED) is 0.473. The van der Waals surface area contributed by atoms with Crippen LogP contribution in [0.25, 0.3) is 0 Å². The van der Waals surface area contributed by atoms with E-state index in [2.05, 4.69) is 17.2 Å². The maximum atomic E-state index is 4.58. The smallest absolute Gasteiger partial charge is 0.0650 e. The van der Waals surface area contributed by atoms with E-state index < -0.39 is 0 Å². The summed E-state index contributed by atoms with van der Waals surface area (Å²) in [6, 6.07) is 0. The number of allylic oxidation sites excluding steroid dienone is 3. The third-order valence-electron chi connectivity index (χ3n) is 0.733. The average molecular weight is 140 g/mol. The van der Waals surface area contributed by atoms with Crippen LogP contribution in [-0.4, -0.2) is 5.02 Å². The largest absolute Gasteiger partial charge is 0.0886 e. The van der Waals surface area contributed by atoms with E-state index in [1.807, 2.05) is 23.6 Å². The Balaban J connectivity index is 2.80. The predicted molar refractivity (Wildman–Crippen MR) is 42.0 cm³/mol. The normalized spacial score (nSPS) is 16.2. The maximum Gasteiger partial charge on any atom is 0.0650 e. The van der Waals surface area contributed by atoms with Crippen molar-refractivity contribution in [1.29, 1.82) is 0 Å². The van der Waals surface area contributed by atoms with Gasteiger partial charge in [0, 0.05) is 0 Å². The van der Waals surface area contributed by atoms with Crippen LogP contribution in [0.5, 0.6) is 0 Å². The van der Waals surface area contributed by atoms with Crippen LogP contribution in [0, 0.1) is 0 Å². The molecular weight excluding hydrogens is 136 g/mol. The zero-order valence-electron chi connectivity index (χ0n) is 4.13. The van der Waals surface area contributed by atoms with Crippen molar-refractivity contribution in [2.24, 2.45) is 0 Å². The molecule has 0 nitrogen and oxygen atoms in total. The van der Waals surface area contributed by atoms with Gasteiger partial charge in [0.2, 0.25) is 0 Å². The number of hydrogen-bond acceptors (Lipinski definition) is 2. The van der Waals surface area contributed by atoms with Gasteiger partial charge in [-0.1, -0.05) is 23.9 Å². The van der Waals surface area contributed by atoms with Gasteiger partial charge in [-0.25, -0.2) is 0 Å². The molecule has 0 fully saturated rings. The molecule has 0 unspecified atom stereocenters. The van der Waals surface area contributed by atoms with Gasteiger partial charge in [-0.3, -0.25) is 0 Å². The third kappa shape index (κ3) is 1.34. The highest BCUT2D eigenvalue weighted by atomic mass is 32.2. The molecule has 0 radical (unpaired) electrons.